The molecule has 1 atom stereocenters. The fourth-order valence-electron chi connectivity index (χ4n) is 2.12. The van der Waals surface area contributed by atoms with E-state index >= 15 is 0 Å². The van der Waals surface area contributed by atoms with Crippen molar-refractivity contribution in [2.75, 3.05) is 25.1 Å². The molecule has 1 aliphatic heterocycles. The third-order valence-electron chi connectivity index (χ3n) is 3.17. The van der Waals surface area contributed by atoms with Gasteiger partial charge >= 0.3 is 6.09 Å². The highest BCUT2D eigenvalue weighted by Gasteiger charge is 2.35. The second-order valence-corrected chi connectivity index (χ2v) is 7.51. The van der Waals surface area contributed by atoms with Gasteiger partial charge in [-0.1, -0.05) is 0 Å². The first-order valence-corrected chi connectivity index (χ1v) is 8.48. The van der Waals surface area contributed by atoms with Crippen LogP contribution in [0.15, 0.2) is 24.3 Å². The first-order chi connectivity index (χ1) is 10.8. The molecule has 1 saturated heterocycles. The van der Waals surface area contributed by atoms with Crippen molar-refractivity contribution in [3.8, 4) is 0 Å². The van der Waals surface area contributed by atoms with E-state index in [1.807, 2.05) is 24.3 Å². The number of morpholine rings is 1. The van der Waals surface area contributed by atoms with Gasteiger partial charge in [-0.3, -0.25) is 9.69 Å². The van der Waals surface area contributed by atoms with Crippen LogP contribution in [0.4, 0.5) is 10.5 Å². The standard InChI is InChI=1S/C16H21IN2O4/c1-16(2,3)23-15(21)19-8-9-22-10-13(19)14(20)18-12-6-4-11(17)5-7-12/h4-7,13H,8-10H2,1-3H3,(H,18,20)/t13-/m0/s1. The van der Waals surface area contributed by atoms with E-state index in [9.17, 15) is 9.59 Å². The molecule has 1 heterocycles. The molecule has 0 radical (unpaired) electrons. The number of amides is 2. The SMILES string of the molecule is CC(C)(C)OC(=O)N1CCOC[C@H]1C(=O)Nc1ccc(I)cc1. The summed E-state index contributed by atoms with van der Waals surface area (Å²) in [6, 6.07) is 6.75. The lowest BCUT2D eigenvalue weighted by Crippen LogP contribution is -2.55. The molecule has 2 rings (SSSR count). The number of nitrogens with zero attached hydrogens (tertiary/aromatic N) is 1. The second-order valence-electron chi connectivity index (χ2n) is 6.26. The Morgan fingerprint density at radius 2 is 1.96 bits per heavy atom. The van der Waals surface area contributed by atoms with Gasteiger partial charge in [0.05, 0.1) is 13.2 Å². The average Bonchev–Trinajstić information content (AvgIpc) is 2.48. The fraction of sp³-hybridized carbons (Fsp3) is 0.500. The zero-order valence-electron chi connectivity index (χ0n) is 13.5. The zero-order valence-corrected chi connectivity index (χ0v) is 15.6. The van der Waals surface area contributed by atoms with Crippen molar-refractivity contribution < 1.29 is 19.1 Å². The smallest absolute Gasteiger partial charge is 0.411 e. The number of hydrogen-bond donors (Lipinski definition) is 1. The molecule has 0 bridgehead atoms. The van der Waals surface area contributed by atoms with E-state index in [2.05, 4.69) is 27.9 Å². The van der Waals surface area contributed by atoms with Crippen molar-refractivity contribution in [1.82, 2.24) is 4.90 Å². The van der Waals surface area contributed by atoms with Gasteiger partial charge in [-0.05, 0) is 67.6 Å². The Labute approximate surface area is 149 Å². The van der Waals surface area contributed by atoms with Gasteiger partial charge in [-0.25, -0.2) is 4.79 Å². The van der Waals surface area contributed by atoms with Crippen molar-refractivity contribution in [3.05, 3.63) is 27.8 Å². The van der Waals surface area contributed by atoms with E-state index in [-0.39, 0.29) is 12.5 Å². The van der Waals surface area contributed by atoms with Crippen LogP contribution in [-0.2, 0) is 14.3 Å². The fourth-order valence-corrected chi connectivity index (χ4v) is 2.48. The van der Waals surface area contributed by atoms with Crippen molar-refractivity contribution in [2.45, 2.75) is 32.4 Å². The largest absolute Gasteiger partial charge is 0.444 e. The Kier molecular flexibility index (Phi) is 5.85. The summed E-state index contributed by atoms with van der Waals surface area (Å²) in [5.74, 6) is -0.281. The molecule has 23 heavy (non-hydrogen) atoms. The summed E-state index contributed by atoms with van der Waals surface area (Å²) in [5.41, 5.74) is 0.0807. The normalized spacial score (nSPS) is 18.4. The van der Waals surface area contributed by atoms with Gasteiger partial charge in [-0.15, -0.1) is 0 Å². The van der Waals surface area contributed by atoms with Crippen LogP contribution in [0.1, 0.15) is 20.8 Å². The number of carbonyl (C=O) groups excluding carboxylic acids is 2. The summed E-state index contributed by atoms with van der Waals surface area (Å²) < 4.78 is 11.8. The monoisotopic (exact) mass is 432 g/mol. The summed E-state index contributed by atoms with van der Waals surface area (Å²) in [7, 11) is 0. The van der Waals surface area contributed by atoms with Crippen LogP contribution in [-0.4, -0.2) is 48.3 Å². The van der Waals surface area contributed by atoms with Gasteiger partial charge in [0.25, 0.3) is 0 Å². The van der Waals surface area contributed by atoms with E-state index in [1.54, 1.807) is 20.8 Å². The van der Waals surface area contributed by atoms with Gasteiger partial charge in [0.2, 0.25) is 5.91 Å². The molecule has 7 heteroatoms. The number of benzene rings is 1. The molecule has 1 fully saturated rings. The van der Waals surface area contributed by atoms with Gasteiger partial charge in [0.15, 0.2) is 0 Å². The third kappa shape index (κ3) is 5.35. The first-order valence-electron chi connectivity index (χ1n) is 7.40. The zero-order chi connectivity index (χ0) is 17.0. The van der Waals surface area contributed by atoms with E-state index in [4.69, 9.17) is 9.47 Å². The highest BCUT2D eigenvalue weighted by atomic mass is 127. The molecular weight excluding hydrogens is 411 g/mol. The summed E-state index contributed by atoms with van der Waals surface area (Å²) in [4.78, 5) is 26.2. The maximum Gasteiger partial charge on any atom is 0.411 e. The Balaban J connectivity index is 2.06. The minimum absolute atomic E-state index is 0.162. The predicted molar refractivity (Wildman–Crippen MR) is 95.3 cm³/mol. The topological polar surface area (TPSA) is 67.9 Å². The number of hydrogen-bond acceptors (Lipinski definition) is 4. The molecule has 2 amide bonds. The number of carbonyl (C=O) groups is 2. The Bertz CT molecular complexity index is 568. The van der Waals surface area contributed by atoms with E-state index < -0.39 is 17.7 Å². The molecule has 1 N–H and O–H groups in total. The van der Waals surface area contributed by atoms with Gasteiger partial charge < -0.3 is 14.8 Å². The van der Waals surface area contributed by atoms with Crippen LogP contribution in [0.5, 0.6) is 0 Å². The molecule has 0 aromatic heterocycles. The predicted octanol–water partition coefficient (Wildman–Crippen LogP) is 2.87. The van der Waals surface area contributed by atoms with Gasteiger partial charge in [0, 0.05) is 15.8 Å². The molecule has 0 spiro atoms. The molecular formula is C16H21IN2O4. The summed E-state index contributed by atoms with van der Waals surface area (Å²) in [5, 5.41) is 2.81. The molecule has 0 saturated carbocycles. The van der Waals surface area contributed by atoms with Crippen LogP contribution < -0.4 is 5.32 Å². The van der Waals surface area contributed by atoms with Crippen molar-refractivity contribution >= 4 is 40.3 Å². The number of ether oxygens (including phenoxy) is 2. The number of halogens is 1. The van der Waals surface area contributed by atoms with Gasteiger partial charge in [0.1, 0.15) is 11.6 Å². The van der Waals surface area contributed by atoms with Crippen molar-refractivity contribution in [1.29, 1.82) is 0 Å². The first kappa shape index (κ1) is 18.0. The van der Waals surface area contributed by atoms with Crippen LogP contribution >= 0.6 is 22.6 Å². The molecule has 0 aliphatic carbocycles. The Morgan fingerprint density at radius 3 is 2.57 bits per heavy atom. The summed E-state index contributed by atoms with van der Waals surface area (Å²) in [6.45, 7) is 6.28. The molecule has 1 aromatic rings. The Hall–Kier alpha value is -1.35. The molecule has 1 aromatic carbocycles. The number of anilines is 1. The molecule has 6 nitrogen and oxygen atoms in total. The molecule has 126 valence electrons. The lowest BCUT2D eigenvalue weighted by atomic mass is 10.2. The maximum atomic E-state index is 12.5. The summed E-state index contributed by atoms with van der Waals surface area (Å²) >= 11 is 2.20. The summed E-state index contributed by atoms with van der Waals surface area (Å²) in [6.07, 6.45) is -0.497. The van der Waals surface area contributed by atoms with Gasteiger partial charge in [-0.2, -0.15) is 0 Å². The van der Waals surface area contributed by atoms with Crippen LogP contribution in [0, 0.1) is 3.57 Å². The highest BCUT2D eigenvalue weighted by molar-refractivity contribution is 14.1. The average molecular weight is 432 g/mol. The number of nitrogens with one attached hydrogen (secondary N) is 1. The van der Waals surface area contributed by atoms with Crippen molar-refractivity contribution in [2.24, 2.45) is 0 Å². The Morgan fingerprint density at radius 1 is 1.30 bits per heavy atom. The van der Waals surface area contributed by atoms with Crippen LogP contribution in [0.3, 0.4) is 0 Å². The molecule has 0 unspecified atom stereocenters. The number of rotatable bonds is 2. The molecule has 1 aliphatic rings. The quantitative estimate of drug-likeness (QED) is 0.731. The highest BCUT2D eigenvalue weighted by Crippen LogP contribution is 2.17. The van der Waals surface area contributed by atoms with E-state index in [1.165, 1.54) is 4.90 Å². The van der Waals surface area contributed by atoms with Crippen LogP contribution in [0.2, 0.25) is 0 Å². The minimum atomic E-state index is -0.696. The van der Waals surface area contributed by atoms with Crippen LogP contribution in [0.25, 0.3) is 0 Å². The lowest BCUT2D eigenvalue weighted by Gasteiger charge is -2.35. The maximum absolute atomic E-state index is 12.5. The van der Waals surface area contributed by atoms with E-state index in [0.717, 1.165) is 3.57 Å². The lowest BCUT2D eigenvalue weighted by molar-refractivity contribution is -0.127. The van der Waals surface area contributed by atoms with E-state index in [0.29, 0.717) is 18.8 Å². The minimum Gasteiger partial charge on any atom is -0.444 e. The van der Waals surface area contributed by atoms with Crippen molar-refractivity contribution in [3.63, 3.8) is 0 Å². The third-order valence-corrected chi connectivity index (χ3v) is 3.89. The second kappa shape index (κ2) is 7.48.